The van der Waals surface area contributed by atoms with E-state index < -0.39 is 0 Å². The Morgan fingerprint density at radius 2 is 1.64 bits per heavy atom. The third-order valence-corrected chi connectivity index (χ3v) is 4.09. The zero-order valence-electron chi connectivity index (χ0n) is 12.7. The van der Waals surface area contributed by atoms with Crippen molar-refractivity contribution in [1.29, 1.82) is 0 Å². The maximum absolute atomic E-state index is 12.4. The Labute approximate surface area is 130 Å². The molecule has 1 heterocycles. The lowest BCUT2D eigenvalue weighted by Gasteiger charge is -2.33. The summed E-state index contributed by atoms with van der Waals surface area (Å²) in [4.78, 5) is 31.3. The van der Waals surface area contributed by atoms with Crippen LogP contribution < -0.4 is 5.32 Å². The Balaban J connectivity index is 1.59. The lowest BCUT2D eigenvalue weighted by Crippen LogP contribution is -2.48. The summed E-state index contributed by atoms with van der Waals surface area (Å²) < 4.78 is 0. The van der Waals surface area contributed by atoms with E-state index in [1.807, 2.05) is 9.96 Å². The molecule has 1 saturated heterocycles. The van der Waals surface area contributed by atoms with Gasteiger partial charge in [0.25, 0.3) is 11.8 Å². The van der Waals surface area contributed by atoms with Crippen LogP contribution in [-0.2, 0) is 4.84 Å². The Hall–Kier alpha value is -1.92. The Morgan fingerprint density at radius 1 is 1.05 bits per heavy atom. The minimum atomic E-state index is -0.0600. The van der Waals surface area contributed by atoms with Crippen LogP contribution in [0.5, 0.6) is 0 Å². The van der Waals surface area contributed by atoms with Gasteiger partial charge >= 0.3 is 0 Å². The average Bonchev–Trinajstić information content (AvgIpc) is 3.38. The fourth-order valence-electron chi connectivity index (χ4n) is 2.52. The predicted molar refractivity (Wildman–Crippen MR) is 81.4 cm³/mol. The zero-order chi connectivity index (χ0) is 15.5. The molecule has 1 aliphatic heterocycles. The van der Waals surface area contributed by atoms with Gasteiger partial charge in [0.1, 0.15) is 0 Å². The Bertz CT molecular complexity index is 546. The van der Waals surface area contributed by atoms with E-state index in [2.05, 4.69) is 5.32 Å². The van der Waals surface area contributed by atoms with Crippen LogP contribution in [0.4, 0.5) is 0 Å². The molecule has 2 aliphatic rings. The predicted octanol–water partition coefficient (Wildman–Crippen LogP) is 0.898. The van der Waals surface area contributed by atoms with E-state index >= 15 is 0 Å². The number of carbonyl (C=O) groups is 2. The first-order valence-corrected chi connectivity index (χ1v) is 7.66. The second kappa shape index (κ2) is 6.46. The van der Waals surface area contributed by atoms with Crippen LogP contribution in [0.2, 0.25) is 0 Å². The van der Waals surface area contributed by atoms with Crippen molar-refractivity contribution < 1.29 is 14.4 Å². The first-order valence-electron chi connectivity index (χ1n) is 7.66. The molecule has 0 bridgehead atoms. The first-order chi connectivity index (χ1) is 10.7. The molecule has 0 spiro atoms. The van der Waals surface area contributed by atoms with Gasteiger partial charge in [0.15, 0.2) is 0 Å². The molecular formula is C16H21N3O3. The third-order valence-electron chi connectivity index (χ3n) is 4.09. The average molecular weight is 303 g/mol. The molecule has 6 heteroatoms. The van der Waals surface area contributed by atoms with Gasteiger partial charge in [-0.2, -0.15) is 5.06 Å². The van der Waals surface area contributed by atoms with Crippen molar-refractivity contribution >= 4 is 11.8 Å². The summed E-state index contributed by atoms with van der Waals surface area (Å²) in [6.07, 6.45) is 2.13. The van der Waals surface area contributed by atoms with Crippen molar-refractivity contribution in [2.24, 2.45) is 0 Å². The Morgan fingerprint density at radius 3 is 2.18 bits per heavy atom. The monoisotopic (exact) mass is 303 g/mol. The van der Waals surface area contributed by atoms with Crippen molar-refractivity contribution in [1.82, 2.24) is 15.3 Å². The highest BCUT2D eigenvalue weighted by Crippen LogP contribution is 2.19. The highest BCUT2D eigenvalue weighted by molar-refractivity contribution is 5.98. The molecule has 1 aliphatic carbocycles. The largest absolute Gasteiger partial charge is 0.349 e. The summed E-state index contributed by atoms with van der Waals surface area (Å²) in [6, 6.07) is 7.23. The maximum Gasteiger partial charge on any atom is 0.253 e. The second-order valence-corrected chi connectivity index (χ2v) is 5.73. The smallest absolute Gasteiger partial charge is 0.253 e. The van der Waals surface area contributed by atoms with Crippen LogP contribution in [-0.4, -0.2) is 61.1 Å². The van der Waals surface area contributed by atoms with E-state index in [9.17, 15) is 9.59 Å². The van der Waals surface area contributed by atoms with E-state index in [0.717, 1.165) is 12.8 Å². The molecule has 0 unspecified atom stereocenters. The molecule has 1 aromatic carbocycles. The quantitative estimate of drug-likeness (QED) is 0.897. The number of rotatable bonds is 4. The van der Waals surface area contributed by atoms with Crippen LogP contribution in [0.25, 0.3) is 0 Å². The normalized spacial score (nSPS) is 19.0. The van der Waals surface area contributed by atoms with E-state index in [0.29, 0.717) is 43.3 Å². The van der Waals surface area contributed by atoms with Gasteiger partial charge in [-0.3, -0.25) is 9.59 Å². The summed E-state index contributed by atoms with van der Waals surface area (Å²) in [5.41, 5.74) is 1.22. The fourth-order valence-corrected chi connectivity index (χ4v) is 2.52. The van der Waals surface area contributed by atoms with E-state index in [-0.39, 0.29) is 11.8 Å². The van der Waals surface area contributed by atoms with Gasteiger partial charge in [-0.15, -0.1) is 0 Å². The number of benzene rings is 1. The molecule has 0 atom stereocenters. The molecule has 22 heavy (non-hydrogen) atoms. The summed E-state index contributed by atoms with van der Waals surface area (Å²) in [5, 5.41) is 4.78. The molecule has 2 fully saturated rings. The molecule has 1 aromatic rings. The standard InChI is InChI=1S/C16H21N3O3/c1-22-19-10-8-18(9-11-19)16(21)13-4-2-12(3-5-13)15(20)17-14-6-7-14/h2-5,14H,6-11H2,1H3,(H,17,20). The number of hydroxylamine groups is 2. The molecular weight excluding hydrogens is 282 g/mol. The topological polar surface area (TPSA) is 61.9 Å². The lowest BCUT2D eigenvalue weighted by atomic mass is 10.1. The second-order valence-electron chi connectivity index (χ2n) is 5.73. The molecule has 3 rings (SSSR count). The van der Waals surface area contributed by atoms with Crippen LogP contribution in [0.1, 0.15) is 33.6 Å². The first kappa shape index (κ1) is 15.0. The van der Waals surface area contributed by atoms with Crippen molar-refractivity contribution in [2.75, 3.05) is 33.3 Å². The molecule has 2 amide bonds. The van der Waals surface area contributed by atoms with Crippen LogP contribution in [0.3, 0.4) is 0 Å². The maximum atomic E-state index is 12.4. The van der Waals surface area contributed by atoms with Gasteiger partial charge in [-0.1, -0.05) is 0 Å². The van der Waals surface area contributed by atoms with Gasteiger partial charge in [0.05, 0.1) is 7.11 Å². The minimum absolute atomic E-state index is 0.00454. The van der Waals surface area contributed by atoms with E-state index in [1.54, 1.807) is 31.4 Å². The summed E-state index contributed by atoms with van der Waals surface area (Å²) >= 11 is 0. The third kappa shape index (κ3) is 3.45. The SMILES string of the molecule is CON1CCN(C(=O)c2ccc(C(=O)NC3CC3)cc2)CC1. The Kier molecular flexibility index (Phi) is 4.40. The molecule has 0 radical (unpaired) electrons. The minimum Gasteiger partial charge on any atom is -0.349 e. The van der Waals surface area contributed by atoms with Crippen LogP contribution in [0, 0.1) is 0 Å². The molecule has 6 nitrogen and oxygen atoms in total. The van der Waals surface area contributed by atoms with Crippen LogP contribution in [0.15, 0.2) is 24.3 Å². The molecule has 1 saturated carbocycles. The highest BCUT2D eigenvalue weighted by Gasteiger charge is 2.24. The molecule has 0 aromatic heterocycles. The molecule has 1 N–H and O–H groups in total. The fraction of sp³-hybridized carbons (Fsp3) is 0.500. The number of hydrogen-bond donors (Lipinski definition) is 1. The van der Waals surface area contributed by atoms with Crippen molar-refractivity contribution in [3.05, 3.63) is 35.4 Å². The number of nitrogens with zero attached hydrogens (tertiary/aromatic N) is 2. The number of carbonyl (C=O) groups excluding carboxylic acids is 2. The number of amides is 2. The summed E-state index contributed by atoms with van der Waals surface area (Å²) in [7, 11) is 1.64. The molecule has 118 valence electrons. The van der Waals surface area contributed by atoms with E-state index in [4.69, 9.17) is 4.84 Å². The summed E-state index contributed by atoms with van der Waals surface area (Å²) in [5.74, 6) is -0.0555. The van der Waals surface area contributed by atoms with Crippen molar-refractivity contribution in [3.63, 3.8) is 0 Å². The van der Waals surface area contributed by atoms with Crippen molar-refractivity contribution in [2.45, 2.75) is 18.9 Å². The number of hydrogen-bond acceptors (Lipinski definition) is 4. The van der Waals surface area contributed by atoms with Gasteiger partial charge in [-0.05, 0) is 37.1 Å². The van der Waals surface area contributed by atoms with Crippen molar-refractivity contribution in [3.8, 4) is 0 Å². The van der Waals surface area contributed by atoms with Gasteiger partial charge in [0.2, 0.25) is 0 Å². The van der Waals surface area contributed by atoms with Crippen LogP contribution >= 0.6 is 0 Å². The number of piperazine rings is 1. The van der Waals surface area contributed by atoms with E-state index in [1.165, 1.54) is 0 Å². The summed E-state index contributed by atoms with van der Waals surface area (Å²) in [6.45, 7) is 2.72. The van der Waals surface area contributed by atoms with Gasteiger partial charge in [-0.25, -0.2) is 0 Å². The van der Waals surface area contributed by atoms with Gasteiger partial charge in [0, 0.05) is 43.3 Å². The number of nitrogens with one attached hydrogen (secondary N) is 1. The highest BCUT2D eigenvalue weighted by atomic mass is 16.7. The van der Waals surface area contributed by atoms with Gasteiger partial charge < -0.3 is 15.1 Å². The zero-order valence-corrected chi connectivity index (χ0v) is 12.7. The lowest BCUT2D eigenvalue weighted by molar-refractivity contribution is -0.147.